The number of anilines is 2. The number of nitrogens with one attached hydrogen (secondary N) is 1. The molecule has 1 N–H and O–H groups in total. The van der Waals surface area contributed by atoms with Gasteiger partial charge in [0.1, 0.15) is 5.82 Å². The molecule has 3 aromatic carbocycles. The van der Waals surface area contributed by atoms with Crippen LogP contribution in [-0.4, -0.2) is 30.8 Å². The third-order valence-electron chi connectivity index (χ3n) is 5.48. The van der Waals surface area contributed by atoms with Crippen molar-refractivity contribution in [3.63, 3.8) is 0 Å². The van der Waals surface area contributed by atoms with Gasteiger partial charge >= 0.3 is 0 Å². The largest absolute Gasteiger partial charge is 0.377 e. The Morgan fingerprint density at radius 2 is 1.66 bits per heavy atom. The van der Waals surface area contributed by atoms with Crippen LogP contribution in [-0.2, 0) is 17.9 Å². The minimum Gasteiger partial charge on any atom is -0.377 e. The van der Waals surface area contributed by atoms with E-state index in [4.69, 9.17) is 11.6 Å². The van der Waals surface area contributed by atoms with Crippen molar-refractivity contribution in [2.24, 2.45) is 5.92 Å². The van der Waals surface area contributed by atoms with Gasteiger partial charge in [-0.15, -0.1) is 0 Å². The van der Waals surface area contributed by atoms with Gasteiger partial charge in [-0.2, -0.15) is 0 Å². The van der Waals surface area contributed by atoms with E-state index >= 15 is 0 Å². The van der Waals surface area contributed by atoms with Crippen LogP contribution in [0.5, 0.6) is 0 Å². The summed E-state index contributed by atoms with van der Waals surface area (Å²) in [7, 11) is 3.85. The van der Waals surface area contributed by atoms with Crippen molar-refractivity contribution < 1.29 is 14.0 Å². The van der Waals surface area contributed by atoms with E-state index in [1.54, 1.807) is 41.3 Å². The quantitative estimate of drug-likeness (QED) is 0.375. The van der Waals surface area contributed by atoms with Gasteiger partial charge in [0, 0.05) is 45.0 Å². The molecule has 0 aliphatic rings. The lowest BCUT2D eigenvalue weighted by Gasteiger charge is -2.27. The molecular formula is C28H31ClFN3O2. The van der Waals surface area contributed by atoms with Gasteiger partial charge in [0.15, 0.2) is 0 Å². The summed E-state index contributed by atoms with van der Waals surface area (Å²) in [5, 5.41) is 3.32. The highest BCUT2D eigenvalue weighted by Gasteiger charge is 2.21. The molecule has 3 aromatic rings. The second kappa shape index (κ2) is 11.8. The first-order chi connectivity index (χ1) is 16.6. The first-order valence-corrected chi connectivity index (χ1v) is 11.9. The van der Waals surface area contributed by atoms with Gasteiger partial charge in [-0.1, -0.05) is 49.7 Å². The Bertz CT molecular complexity index is 1180. The number of halogens is 2. The van der Waals surface area contributed by atoms with Crippen molar-refractivity contribution in [2.75, 3.05) is 24.3 Å². The topological polar surface area (TPSA) is 52.7 Å². The number of amides is 2. The molecule has 3 rings (SSSR count). The highest BCUT2D eigenvalue weighted by Crippen LogP contribution is 2.27. The molecule has 0 radical (unpaired) electrons. The Balaban J connectivity index is 1.97. The highest BCUT2D eigenvalue weighted by molar-refractivity contribution is 6.33. The summed E-state index contributed by atoms with van der Waals surface area (Å²) in [6.45, 7) is 4.52. The van der Waals surface area contributed by atoms with Gasteiger partial charge in [-0.3, -0.25) is 9.59 Å². The Morgan fingerprint density at radius 1 is 0.971 bits per heavy atom. The van der Waals surface area contributed by atoms with Gasteiger partial charge < -0.3 is 15.1 Å². The maximum absolute atomic E-state index is 13.6. The monoisotopic (exact) mass is 495 g/mol. The third kappa shape index (κ3) is 7.30. The molecule has 0 spiro atoms. The first-order valence-electron chi connectivity index (χ1n) is 11.5. The van der Waals surface area contributed by atoms with E-state index in [9.17, 15) is 14.0 Å². The number of hydrogen-bond donors (Lipinski definition) is 1. The maximum Gasteiger partial charge on any atom is 0.255 e. The fourth-order valence-corrected chi connectivity index (χ4v) is 4.05. The summed E-state index contributed by atoms with van der Waals surface area (Å²) in [6.07, 6.45) is 0.423. The molecule has 5 nitrogen and oxygen atoms in total. The number of nitrogens with zero attached hydrogens (tertiary/aromatic N) is 2. The Morgan fingerprint density at radius 3 is 2.29 bits per heavy atom. The van der Waals surface area contributed by atoms with E-state index < -0.39 is 0 Å². The summed E-state index contributed by atoms with van der Waals surface area (Å²) in [5.41, 5.74) is 3.63. The second-order valence-electron chi connectivity index (χ2n) is 9.15. The normalized spacial score (nSPS) is 10.8. The summed E-state index contributed by atoms with van der Waals surface area (Å²) < 4.78 is 13.5. The lowest BCUT2D eigenvalue weighted by atomic mass is 10.1. The minimum atomic E-state index is -0.336. The predicted octanol–water partition coefficient (Wildman–Crippen LogP) is 6.37. The van der Waals surface area contributed by atoms with Crippen molar-refractivity contribution in [1.29, 1.82) is 0 Å². The minimum absolute atomic E-state index is 0.0566. The molecule has 7 heteroatoms. The standard InChI is InChI=1S/C28H31ClFN3O2/c1-19(2)15-27(34)31-23-13-14-26(32(3)4)21(16-23)18-33(17-20-9-11-22(30)12-10-20)28(35)24-7-5-6-8-25(24)29/h5-14,16,19H,15,17-18H2,1-4H3,(H,31,34). The molecule has 0 aliphatic carbocycles. The van der Waals surface area contributed by atoms with Crippen LogP contribution in [0, 0.1) is 11.7 Å². The molecular weight excluding hydrogens is 465 g/mol. The van der Waals surface area contributed by atoms with E-state index in [0.29, 0.717) is 22.7 Å². The zero-order chi connectivity index (χ0) is 25.5. The maximum atomic E-state index is 13.6. The van der Waals surface area contributed by atoms with E-state index in [0.717, 1.165) is 16.8 Å². The number of carbonyl (C=O) groups is 2. The van der Waals surface area contributed by atoms with Crippen LogP contribution >= 0.6 is 11.6 Å². The predicted molar refractivity (Wildman–Crippen MR) is 140 cm³/mol. The molecule has 0 saturated heterocycles. The molecule has 0 saturated carbocycles. The summed E-state index contributed by atoms with van der Waals surface area (Å²) in [6, 6.07) is 18.7. The lowest BCUT2D eigenvalue weighted by molar-refractivity contribution is -0.116. The van der Waals surface area contributed by atoms with Crippen LogP contribution < -0.4 is 10.2 Å². The lowest BCUT2D eigenvalue weighted by Crippen LogP contribution is -2.31. The zero-order valence-electron chi connectivity index (χ0n) is 20.5. The summed E-state index contributed by atoms with van der Waals surface area (Å²) >= 11 is 6.34. The van der Waals surface area contributed by atoms with Gasteiger partial charge in [0.25, 0.3) is 5.91 Å². The highest BCUT2D eigenvalue weighted by atomic mass is 35.5. The molecule has 0 fully saturated rings. The fourth-order valence-electron chi connectivity index (χ4n) is 3.83. The summed E-state index contributed by atoms with van der Waals surface area (Å²) in [4.78, 5) is 29.6. The third-order valence-corrected chi connectivity index (χ3v) is 5.81. The number of benzene rings is 3. The van der Waals surface area contributed by atoms with E-state index in [1.165, 1.54) is 12.1 Å². The Kier molecular flexibility index (Phi) is 8.88. The Hall–Kier alpha value is -3.38. The molecule has 2 amide bonds. The smallest absolute Gasteiger partial charge is 0.255 e. The molecule has 0 atom stereocenters. The zero-order valence-corrected chi connectivity index (χ0v) is 21.3. The average molecular weight is 496 g/mol. The molecule has 0 bridgehead atoms. The van der Waals surface area contributed by atoms with Gasteiger partial charge in [0.2, 0.25) is 5.91 Å². The van der Waals surface area contributed by atoms with Crippen LogP contribution in [0.2, 0.25) is 5.02 Å². The molecule has 0 aromatic heterocycles. The van der Waals surface area contributed by atoms with Crippen LogP contribution in [0.15, 0.2) is 66.7 Å². The SMILES string of the molecule is CC(C)CC(=O)Nc1ccc(N(C)C)c(CN(Cc2ccc(F)cc2)C(=O)c2ccccc2Cl)c1. The van der Waals surface area contributed by atoms with Gasteiger partial charge in [-0.25, -0.2) is 4.39 Å². The molecule has 0 aliphatic heterocycles. The van der Waals surface area contributed by atoms with Gasteiger partial charge in [-0.05, 0) is 59.5 Å². The number of rotatable bonds is 9. The molecule has 35 heavy (non-hydrogen) atoms. The van der Waals surface area contributed by atoms with E-state index in [2.05, 4.69) is 5.32 Å². The van der Waals surface area contributed by atoms with Crippen LogP contribution in [0.1, 0.15) is 41.8 Å². The van der Waals surface area contributed by atoms with Crippen molar-refractivity contribution in [2.45, 2.75) is 33.4 Å². The van der Waals surface area contributed by atoms with Gasteiger partial charge in [0.05, 0.1) is 10.6 Å². The average Bonchev–Trinajstić information content (AvgIpc) is 2.79. The first kappa shape index (κ1) is 26.2. The second-order valence-corrected chi connectivity index (χ2v) is 9.56. The van der Waals surface area contributed by atoms with E-state index in [-0.39, 0.29) is 36.6 Å². The number of hydrogen-bond acceptors (Lipinski definition) is 3. The van der Waals surface area contributed by atoms with Crippen molar-refractivity contribution in [3.05, 3.63) is 94.3 Å². The Labute approximate surface area is 211 Å². The fraction of sp³-hybridized carbons (Fsp3) is 0.286. The van der Waals surface area contributed by atoms with Crippen LogP contribution in [0.3, 0.4) is 0 Å². The molecule has 184 valence electrons. The number of carbonyl (C=O) groups excluding carboxylic acids is 2. The van der Waals surface area contributed by atoms with Crippen LogP contribution in [0.4, 0.5) is 15.8 Å². The van der Waals surface area contributed by atoms with Crippen molar-refractivity contribution in [1.82, 2.24) is 4.90 Å². The molecule has 0 unspecified atom stereocenters. The summed E-state index contributed by atoms with van der Waals surface area (Å²) in [5.74, 6) is -0.384. The molecule has 0 heterocycles. The van der Waals surface area contributed by atoms with Crippen LogP contribution in [0.25, 0.3) is 0 Å². The van der Waals surface area contributed by atoms with Crippen molar-refractivity contribution >= 4 is 34.8 Å². The van der Waals surface area contributed by atoms with E-state index in [1.807, 2.05) is 51.0 Å². The van der Waals surface area contributed by atoms with Crippen molar-refractivity contribution in [3.8, 4) is 0 Å².